The van der Waals surface area contributed by atoms with E-state index in [1.807, 2.05) is 6.07 Å². The number of hydrogen-bond donors (Lipinski definition) is 1. The highest BCUT2D eigenvalue weighted by molar-refractivity contribution is 6.21. The number of rotatable bonds is 2. The minimum absolute atomic E-state index is 0.0288. The van der Waals surface area contributed by atoms with Gasteiger partial charge >= 0.3 is 0 Å². The van der Waals surface area contributed by atoms with Gasteiger partial charge in [0.15, 0.2) is 0 Å². The number of hydrogen-bond acceptors (Lipinski definition) is 2. The molecule has 2 rings (SSSR count). The van der Waals surface area contributed by atoms with Gasteiger partial charge in [-0.2, -0.15) is 5.26 Å². The summed E-state index contributed by atoms with van der Waals surface area (Å²) in [5.74, 6) is -0.114. The molecule has 0 heterocycles. The molecular formula is C14H15ClN2O. The van der Waals surface area contributed by atoms with Gasteiger partial charge in [0.2, 0.25) is 0 Å². The molecule has 0 aliphatic heterocycles. The molecule has 1 amide bonds. The van der Waals surface area contributed by atoms with Gasteiger partial charge in [0, 0.05) is 11.6 Å². The zero-order chi connectivity index (χ0) is 13.0. The Kier molecular flexibility index (Phi) is 4.22. The predicted molar refractivity (Wildman–Crippen MR) is 70.5 cm³/mol. The maximum absolute atomic E-state index is 12.0. The van der Waals surface area contributed by atoms with E-state index in [1.165, 1.54) is 0 Å². The molecule has 0 aromatic heterocycles. The Bertz CT molecular complexity index is 464. The quantitative estimate of drug-likeness (QED) is 0.834. The molecule has 18 heavy (non-hydrogen) atoms. The van der Waals surface area contributed by atoms with Crippen LogP contribution in [0, 0.1) is 11.3 Å². The van der Waals surface area contributed by atoms with Crippen LogP contribution < -0.4 is 5.32 Å². The van der Waals surface area contributed by atoms with Crippen molar-refractivity contribution in [3.05, 3.63) is 35.4 Å². The fraction of sp³-hybridized carbons (Fsp3) is 0.429. The molecule has 4 heteroatoms. The molecule has 0 bridgehead atoms. The first-order valence-electron chi connectivity index (χ1n) is 6.16. The summed E-state index contributed by atoms with van der Waals surface area (Å²) in [6.45, 7) is 0. The number of benzene rings is 1. The zero-order valence-corrected chi connectivity index (χ0v) is 10.8. The third-order valence-corrected chi connectivity index (χ3v) is 3.80. The Morgan fingerprint density at radius 2 is 1.94 bits per heavy atom. The lowest BCUT2D eigenvalue weighted by atomic mass is 9.94. The van der Waals surface area contributed by atoms with E-state index < -0.39 is 0 Å². The third-order valence-electron chi connectivity index (χ3n) is 3.27. The number of alkyl halides is 1. The molecule has 1 aromatic rings. The maximum Gasteiger partial charge on any atom is 0.251 e. The first-order chi connectivity index (χ1) is 8.70. The zero-order valence-electron chi connectivity index (χ0n) is 10.0. The Labute approximate surface area is 112 Å². The molecule has 1 aromatic carbocycles. The fourth-order valence-electron chi connectivity index (χ4n) is 2.20. The van der Waals surface area contributed by atoms with E-state index in [1.54, 1.807) is 24.3 Å². The molecule has 3 nitrogen and oxygen atoms in total. The number of halogens is 1. The van der Waals surface area contributed by atoms with Crippen molar-refractivity contribution in [3.63, 3.8) is 0 Å². The normalized spacial score (nSPS) is 23.1. The highest BCUT2D eigenvalue weighted by atomic mass is 35.5. The van der Waals surface area contributed by atoms with Crippen molar-refractivity contribution in [2.24, 2.45) is 0 Å². The van der Waals surface area contributed by atoms with E-state index in [9.17, 15) is 4.79 Å². The van der Waals surface area contributed by atoms with E-state index >= 15 is 0 Å². The molecule has 0 spiro atoms. The third kappa shape index (κ3) is 3.02. The molecule has 1 saturated carbocycles. The van der Waals surface area contributed by atoms with E-state index in [4.69, 9.17) is 16.9 Å². The van der Waals surface area contributed by atoms with Gasteiger partial charge in [-0.05, 0) is 37.1 Å². The summed E-state index contributed by atoms with van der Waals surface area (Å²) in [6, 6.07) is 8.71. The van der Waals surface area contributed by atoms with Crippen LogP contribution in [-0.2, 0) is 0 Å². The summed E-state index contributed by atoms with van der Waals surface area (Å²) in [6.07, 6.45) is 4.15. The first kappa shape index (κ1) is 12.9. The minimum atomic E-state index is -0.114. The van der Waals surface area contributed by atoms with Crippen molar-refractivity contribution < 1.29 is 4.79 Å². The van der Waals surface area contributed by atoms with Crippen molar-refractivity contribution in [1.29, 1.82) is 5.26 Å². The minimum Gasteiger partial charge on any atom is -0.348 e. The van der Waals surface area contributed by atoms with Gasteiger partial charge in [0.25, 0.3) is 5.91 Å². The molecule has 94 valence electrons. The maximum atomic E-state index is 12.0. The van der Waals surface area contributed by atoms with Crippen molar-refractivity contribution in [3.8, 4) is 6.07 Å². The van der Waals surface area contributed by atoms with Crippen molar-refractivity contribution >= 4 is 17.5 Å². The van der Waals surface area contributed by atoms with Crippen LogP contribution in [0.3, 0.4) is 0 Å². The molecule has 1 aliphatic carbocycles. The molecule has 0 radical (unpaired) electrons. The molecule has 2 atom stereocenters. The monoisotopic (exact) mass is 262 g/mol. The van der Waals surface area contributed by atoms with E-state index in [2.05, 4.69) is 5.32 Å². The van der Waals surface area contributed by atoms with Crippen LogP contribution in [0.15, 0.2) is 24.3 Å². The van der Waals surface area contributed by atoms with Crippen molar-refractivity contribution in [2.75, 3.05) is 0 Å². The van der Waals surface area contributed by atoms with Crippen LogP contribution in [-0.4, -0.2) is 17.3 Å². The van der Waals surface area contributed by atoms with Crippen LogP contribution in [0.1, 0.15) is 41.6 Å². The average molecular weight is 263 g/mol. The van der Waals surface area contributed by atoms with E-state index in [0.29, 0.717) is 11.1 Å². The Morgan fingerprint density at radius 1 is 1.28 bits per heavy atom. The lowest BCUT2D eigenvalue weighted by Gasteiger charge is -2.27. The lowest BCUT2D eigenvalue weighted by Crippen LogP contribution is -2.42. The SMILES string of the molecule is N#Cc1ccc(C(=O)NC2CCCCC2Cl)cc1. The average Bonchev–Trinajstić information content (AvgIpc) is 2.41. The number of carbonyl (C=O) groups excluding carboxylic acids is 1. The molecule has 0 saturated heterocycles. The number of nitriles is 1. The highest BCUT2D eigenvalue weighted by Gasteiger charge is 2.24. The number of nitrogens with one attached hydrogen (secondary N) is 1. The second-order valence-electron chi connectivity index (χ2n) is 4.57. The van der Waals surface area contributed by atoms with E-state index in [-0.39, 0.29) is 17.3 Å². The van der Waals surface area contributed by atoms with Crippen LogP contribution in [0.25, 0.3) is 0 Å². The van der Waals surface area contributed by atoms with Crippen LogP contribution >= 0.6 is 11.6 Å². The van der Waals surface area contributed by atoms with E-state index in [0.717, 1.165) is 25.7 Å². The number of carbonyl (C=O) groups is 1. The Morgan fingerprint density at radius 3 is 2.56 bits per heavy atom. The summed E-state index contributed by atoms with van der Waals surface area (Å²) in [7, 11) is 0. The van der Waals surface area contributed by atoms with Gasteiger partial charge in [-0.25, -0.2) is 0 Å². The number of amides is 1. The predicted octanol–water partition coefficient (Wildman–Crippen LogP) is 2.84. The largest absolute Gasteiger partial charge is 0.348 e. The van der Waals surface area contributed by atoms with Gasteiger partial charge in [0.1, 0.15) is 0 Å². The molecule has 1 aliphatic rings. The van der Waals surface area contributed by atoms with Crippen LogP contribution in [0.5, 0.6) is 0 Å². The summed E-state index contributed by atoms with van der Waals surface area (Å²) in [4.78, 5) is 12.0. The summed E-state index contributed by atoms with van der Waals surface area (Å²) in [5, 5.41) is 11.7. The van der Waals surface area contributed by atoms with Gasteiger partial charge in [-0.15, -0.1) is 11.6 Å². The van der Waals surface area contributed by atoms with Gasteiger partial charge in [0.05, 0.1) is 17.0 Å². The molecule has 1 N–H and O–H groups in total. The lowest BCUT2D eigenvalue weighted by molar-refractivity contribution is 0.0928. The standard InChI is InChI=1S/C14H15ClN2O/c15-12-3-1-2-4-13(12)17-14(18)11-7-5-10(9-16)6-8-11/h5-8,12-13H,1-4H2,(H,17,18). The summed E-state index contributed by atoms with van der Waals surface area (Å²) in [5.41, 5.74) is 1.13. The number of nitrogens with zero attached hydrogens (tertiary/aromatic N) is 1. The second kappa shape index (κ2) is 5.88. The first-order valence-corrected chi connectivity index (χ1v) is 6.59. The highest BCUT2D eigenvalue weighted by Crippen LogP contribution is 2.23. The van der Waals surface area contributed by atoms with Gasteiger partial charge < -0.3 is 5.32 Å². The van der Waals surface area contributed by atoms with Gasteiger partial charge in [-0.3, -0.25) is 4.79 Å². The van der Waals surface area contributed by atoms with Crippen molar-refractivity contribution in [1.82, 2.24) is 5.32 Å². The Balaban J connectivity index is 2.00. The van der Waals surface area contributed by atoms with Crippen LogP contribution in [0.2, 0.25) is 0 Å². The molecule has 1 fully saturated rings. The molecular weight excluding hydrogens is 248 g/mol. The summed E-state index contributed by atoms with van der Waals surface area (Å²) >= 11 is 6.20. The fourth-order valence-corrected chi connectivity index (χ4v) is 2.54. The van der Waals surface area contributed by atoms with Gasteiger partial charge in [-0.1, -0.05) is 12.8 Å². The Hall–Kier alpha value is -1.53. The smallest absolute Gasteiger partial charge is 0.251 e. The van der Waals surface area contributed by atoms with Crippen LogP contribution in [0.4, 0.5) is 0 Å². The summed E-state index contributed by atoms with van der Waals surface area (Å²) < 4.78 is 0. The topological polar surface area (TPSA) is 52.9 Å². The molecule has 2 unspecified atom stereocenters. The second-order valence-corrected chi connectivity index (χ2v) is 5.13. The van der Waals surface area contributed by atoms with Crippen molar-refractivity contribution in [2.45, 2.75) is 37.1 Å².